The molecule has 1 aromatic rings. The van der Waals surface area contributed by atoms with Crippen LogP contribution in [0.15, 0.2) is 18.2 Å². The Morgan fingerprint density at radius 2 is 2.00 bits per heavy atom. The van der Waals surface area contributed by atoms with Crippen LogP contribution in [-0.4, -0.2) is 18.6 Å². The Kier molecular flexibility index (Phi) is 5.56. The summed E-state index contributed by atoms with van der Waals surface area (Å²) in [6.45, 7) is 12.0. The lowest BCUT2D eigenvalue weighted by molar-refractivity contribution is 0.424. The second-order valence-corrected chi connectivity index (χ2v) is 7.82. The number of anilines is 1. The van der Waals surface area contributed by atoms with E-state index in [1.54, 1.807) is 0 Å². The van der Waals surface area contributed by atoms with Gasteiger partial charge in [0.1, 0.15) is 0 Å². The molecule has 0 bridgehead atoms. The summed E-state index contributed by atoms with van der Waals surface area (Å²) in [5.41, 5.74) is 2.58. The van der Waals surface area contributed by atoms with Gasteiger partial charge in [-0.05, 0) is 63.6 Å². The third-order valence-corrected chi connectivity index (χ3v) is 4.50. The Labute approximate surface area is 134 Å². The molecule has 1 aliphatic heterocycles. The van der Waals surface area contributed by atoms with Crippen molar-refractivity contribution in [2.75, 3.05) is 18.0 Å². The number of hydrogen-bond donors (Lipinski definition) is 1. The zero-order chi connectivity index (χ0) is 15.5. The van der Waals surface area contributed by atoms with Gasteiger partial charge in [-0.1, -0.05) is 24.6 Å². The first-order valence-corrected chi connectivity index (χ1v) is 8.51. The van der Waals surface area contributed by atoms with Gasteiger partial charge in [-0.25, -0.2) is 0 Å². The standard InChI is InChI=1S/C18H29ClN2/c1-14-6-5-10-21(11-9-14)17-8-7-15(12-16(17)19)13-20-18(2,3)4/h7-8,12,14,20H,5-6,9-11,13H2,1-4H3. The average molecular weight is 309 g/mol. The van der Waals surface area contributed by atoms with E-state index in [1.165, 1.54) is 30.5 Å². The minimum atomic E-state index is 0.131. The topological polar surface area (TPSA) is 15.3 Å². The van der Waals surface area contributed by atoms with Crippen LogP contribution in [0.5, 0.6) is 0 Å². The Morgan fingerprint density at radius 3 is 2.67 bits per heavy atom. The first kappa shape index (κ1) is 16.6. The molecule has 1 atom stereocenters. The van der Waals surface area contributed by atoms with E-state index in [1.807, 2.05) is 0 Å². The summed E-state index contributed by atoms with van der Waals surface area (Å²) in [7, 11) is 0. The molecule has 118 valence electrons. The normalized spacial score (nSPS) is 20.4. The van der Waals surface area contributed by atoms with E-state index in [9.17, 15) is 0 Å². The Bertz CT molecular complexity index is 465. The van der Waals surface area contributed by atoms with Crippen LogP contribution in [0.25, 0.3) is 0 Å². The smallest absolute Gasteiger partial charge is 0.0642 e. The third kappa shape index (κ3) is 5.19. The molecule has 1 N–H and O–H groups in total. The summed E-state index contributed by atoms with van der Waals surface area (Å²) in [5, 5.41) is 4.39. The van der Waals surface area contributed by atoms with Crippen molar-refractivity contribution in [2.24, 2.45) is 5.92 Å². The first-order chi connectivity index (χ1) is 9.85. The van der Waals surface area contributed by atoms with E-state index in [-0.39, 0.29) is 5.54 Å². The molecule has 2 nitrogen and oxygen atoms in total. The molecule has 1 aliphatic rings. The summed E-state index contributed by atoms with van der Waals surface area (Å²) in [6.07, 6.45) is 3.87. The molecule has 1 unspecified atom stereocenters. The minimum Gasteiger partial charge on any atom is -0.370 e. The van der Waals surface area contributed by atoms with Gasteiger partial charge < -0.3 is 10.2 Å². The molecule has 0 amide bonds. The van der Waals surface area contributed by atoms with Gasteiger partial charge in [0.25, 0.3) is 0 Å². The summed E-state index contributed by atoms with van der Waals surface area (Å²) in [4.78, 5) is 2.45. The highest BCUT2D eigenvalue weighted by molar-refractivity contribution is 6.33. The van der Waals surface area contributed by atoms with E-state index < -0.39 is 0 Å². The lowest BCUT2D eigenvalue weighted by Crippen LogP contribution is -2.35. The Morgan fingerprint density at radius 1 is 1.24 bits per heavy atom. The van der Waals surface area contributed by atoms with Crippen LogP contribution < -0.4 is 10.2 Å². The second-order valence-electron chi connectivity index (χ2n) is 7.41. The fourth-order valence-electron chi connectivity index (χ4n) is 2.79. The molecule has 0 aliphatic carbocycles. The highest BCUT2D eigenvalue weighted by atomic mass is 35.5. The van der Waals surface area contributed by atoms with Crippen molar-refractivity contribution in [3.05, 3.63) is 28.8 Å². The van der Waals surface area contributed by atoms with Crippen LogP contribution in [0.3, 0.4) is 0 Å². The largest absolute Gasteiger partial charge is 0.370 e. The van der Waals surface area contributed by atoms with Crippen LogP contribution in [-0.2, 0) is 6.54 Å². The fraction of sp³-hybridized carbons (Fsp3) is 0.667. The van der Waals surface area contributed by atoms with Crippen LogP contribution in [0.1, 0.15) is 52.5 Å². The van der Waals surface area contributed by atoms with Crippen LogP contribution >= 0.6 is 11.6 Å². The molecular weight excluding hydrogens is 280 g/mol. The molecule has 0 radical (unpaired) electrons. The van der Waals surface area contributed by atoms with Crippen molar-refractivity contribution in [1.29, 1.82) is 0 Å². The molecule has 0 saturated carbocycles. The predicted molar refractivity (Wildman–Crippen MR) is 93.3 cm³/mol. The van der Waals surface area contributed by atoms with E-state index in [0.29, 0.717) is 0 Å². The van der Waals surface area contributed by atoms with Gasteiger partial charge in [-0.15, -0.1) is 0 Å². The zero-order valence-corrected chi connectivity index (χ0v) is 14.6. The summed E-state index contributed by atoms with van der Waals surface area (Å²) < 4.78 is 0. The third-order valence-electron chi connectivity index (χ3n) is 4.19. The fourth-order valence-corrected chi connectivity index (χ4v) is 3.11. The van der Waals surface area contributed by atoms with Crippen LogP contribution in [0.4, 0.5) is 5.69 Å². The first-order valence-electron chi connectivity index (χ1n) is 8.13. The van der Waals surface area contributed by atoms with Gasteiger partial charge >= 0.3 is 0 Å². The van der Waals surface area contributed by atoms with E-state index in [2.05, 4.69) is 56.1 Å². The molecule has 2 rings (SSSR count). The van der Waals surface area contributed by atoms with E-state index in [4.69, 9.17) is 11.6 Å². The predicted octanol–water partition coefficient (Wildman–Crippen LogP) is 4.85. The summed E-state index contributed by atoms with van der Waals surface area (Å²) in [6, 6.07) is 6.51. The van der Waals surface area contributed by atoms with E-state index >= 15 is 0 Å². The summed E-state index contributed by atoms with van der Waals surface area (Å²) in [5.74, 6) is 0.837. The molecule has 1 heterocycles. The lowest BCUT2D eigenvalue weighted by Gasteiger charge is -2.25. The maximum absolute atomic E-state index is 6.53. The average Bonchev–Trinajstić information content (AvgIpc) is 2.61. The van der Waals surface area contributed by atoms with Crippen molar-refractivity contribution in [3.63, 3.8) is 0 Å². The monoisotopic (exact) mass is 308 g/mol. The number of benzene rings is 1. The quantitative estimate of drug-likeness (QED) is 0.858. The zero-order valence-electron chi connectivity index (χ0n) is 13.9. The van der Waals surface area contributed by atoms with Gasteiger partial charge in [-0.2, -0.15) is 0 Å². The van der Waals surface area contributed by atoms with Gasteiger partial charge in [0.15, 0.2) is 0 Å². The van der Waals surface area contributed by atoms with Crippen molar-refractivity contribution >= 4 is 17.3 Å². The maximum atomic E-state index is 6.53. The van der Waals surface area contributed by atoms with Crippen LogP contribution in [0.2, 0.25) is 5.02 Å². The molecule has 3 heteroatoms. The van der Waals surface area contributed by atoms with Crippen LogP contribution in [0, 0.1) is 5.92 Å². The highest BCUT2D eigenvalue weighted by Crippen LogP contribution is 2.30. The number of halogens is 1. The van der Waals surface area contributed by atoms with Gasteiger partial charge in [0, 0.05) is 25.2 Å². The molecule has 1 saturated heterocycles. The molecule has 1 fully saturated rings. The van der Waals surface area contributed by atoms with E-state index in [0.717, 1.165) is 30.6 Å². The maximum Gasteiger partial charge on any atom is 0.0642 e. The number of hydrogen-bond acceptors (Lipinski definition) is 2. The molecule has 0 aromatic heterocycles. The lowest BCUT2D eigenvalue weighted by atomic mass is 10.0. The van der Waals surface area contributed by atoms with Gasteiger partial charge in [0.05, 0.1) is 10.7 Å². The molecule has 1 aromatic carbocycles. The number of rotatable bonds is 3. The summed E-state index contributed by atoms with van der Waals surface area (Å²) >= 11 is 6.53. The molecular formula is C18H29ClN2. The highest BCUT2D eigenvalue weighted by Gasteiger charge is 2.16. The SMILES string of the molecule is CC1CCCN(c2ccc(CNC(C)(C)C)cc2Cl)CC1. The van der Waals surface area contributed by atoms with Gasteiger partial charge in [0.2, 0.25) is 0 Å². The Balaban J connectivity index is 2.04. The second kappa shape index (κ2) is 7.02. The van der Waals surface area contributed by atoms with Crippen molar-refractivity contribution in [3.8, 4) is 0 Å². The Hall–Kier alpha value is -0.730. The van der Waals surface area contributed by atoms with Crippen molar-refractivity contribution in [1.82, 2.24) is 5.32 Å². The van der Waals surface area contributed by atoms with Gasteiger partial charge in [-0.3, -0.25) is 0 Å². The van der Waals surface area contributed by atoms with Crippen molar-refractivity contribution in [2.45, 2.75) is 59.0 Å². The number of nitrogens with zero attached hydrogens (tertiary/aromatic N) is 1. The molecule has 21 heavy (non-hydrogen) atoms. The molecule has 0 spiro atoms. The minimum absolute atomic E-state index is 0.131. The van der Waals surface area contributed by atoms with Crippen molar-refractivity contribution < 1.29 is 0 Å². The number of nitrogens with one attached hydrogen (secondary N) is 1.